The van der Waals surface area contributed by atoms with E-state index >= 15 is 0 Å². The molecule has 3 aromatic carbocycles. The Hall–Kier alpha value is -4.37. The highest BCUT2D eigenvalue weighted by molar-refractivity contribution is 7.92. The van der Waals surface area contributed by atoms with Gasteiger partial charge in [0.2, 0.25) is 0 Å². The monoisotopic (exact) mass is 544 g/mol. The number of benzene rings is 3. The number of hydrogen-bond donors (Lipinski definition) is 1. The first-order valence-corrected chi connectivity index (χ1v) is 14.0. The van der Waals surface area contributed by atoms with Crippen LogP contribution in [0.3, 0.4) is 0 Å². The van der Waals surface area contributed by atoms with E-state index in [1.807, 2.05) is 39.0 Å². The summed E-state index contributed by atoms with van der Waals surface area (Å²) in [6, 6.07) is 24.8. The van der Waals surface area contributed by atoms with Crippen LogP contribution in [0.15, 0.2) is 94.9 Å². The van der Waals surface area contributed by atoms with Gasteiger partial charge in [-0.2, -0.15) is 5.10 Å². The van der Waals surface area contributed by atoms with Gasteiger partial charge in [0.1, 0.15) is 12.3 Å². The van der Waals surface area contributed by atoms with Crippen LogP contribution < -0.4 is 14.5 Å². The second kappa shape index (κ2) is 12.0. The van der Waals surface area contributed by atoms with Gasteiger partial charge in [-0.1, -0.05) is 48.5 Å². The molecular formula is C30H32N4O4S. The summed E-state index contributed by atoms with van der Waals surface area (Å²) in [6.07, 6.45) is 1.57. The molecule has 0 fully saturated rings. The summed E-state index contributed by atoms with van der Waals surface area (Å²) in [5, 5.41) is 4.14. The first-order chi connectivity index (χ1) is 18.7. The summed E-state index contributed by atoms with van der Waals surface area (Å²) < 4.78 is 36.1. The van der Waals surface area contributed by atoms with Gasteiger partial charge in [-0.3, -0.25) is 9.10 Å². The van der Waals surface area contributed by atoms with Crippen LogP contribution >= 0.6 is 0 Å². The van der Waals surface area contributed by atoms with Gasteiger partial charge in [-0.25, -0.2) is 13.8 Å². The molecule has 0 aliphatic heterocycles. The van der Waals surface area contributed by atoms with E-state index in [2.05, 4.69) is 34.2 Å². The van der Waals surface area contributed by atoms with E-state index in [0.717, 1.165) is 32.5 Å². The van der Waals surface area contributed by atoms with Gasteiger partial charge in [0.25, 0.3) is 15.9 Å². The molecule has 0 aliphatic rings. The number of hydrazone groups is 1. The molecule has 39 heavy (non-hydrogen) atoms. The Morgan fingerprint density at radius 2 is 1.64 bits per heavy atom. The largest absolute Gasteiger partial charge is 0.492 e. The first kappa shape index (κ1) is 27.7. The van der Waals surface area contributed by atoms with E-state index in [1.54, 1.807) is 48.7 Å². The van der Waals surface area contributed by atoms with Crippen molar-refractivity contribution in [3.8, 4) is 11.4 Å². The van der Waals surface area contributed by atoms with E-state index in [9.17, 15) is 13.2 Å². The maximum absolute atomic E-state index is 13.6. The van der Waals surface area contributed by atoms with Crippen LogP contribution in [0.4, 0.5) is 5.69 Å². The number of hydrogen-bond acceptors (Lipinski definition) is 5. The Labute approximate surface area is 229 Å². The number of carbonyl (C=O) groups excluding carboxylic acids is 1. The predicted molar refractivity (Wildman–Crippen MR) is 154 cm³/mol. The van der Waals surface area contributed by atoms with Gasteiger partial charge < -0.3 is 9.30 Å². The summed E-state index contributed by atoms with van der Waals surface area (Å²) in [4.78, 5) is 13.1. The number of aryl methyl sites for hydroxylation is 2. The third kappa shape index (κ3) is 6.04. The molecule has 202 valence electrons. The fourth-order valence-electron chi connectivity index (χ4n) is 4.40. The van der Waals surface area contributed by atoms with Crippen molar-refractivity contribution in [2.45, 2.75) is 32.6 Å². The lowest BCUT2D eigenvalue weighted by Crippen LogP contribution is -2.39. The van der Waals surface area contributed by atoms with Crippen molar-refractivity contribution in [1.29, 1.82) is 0 Å². The Morgan fingerprint density at radius 1 is 0.974 bits per heavy atom. The summed E-state index contributed by atoms with van der Waals surface area (Å²) in [5.74, 6) is -0.232. The average molecular weight is 545 g/mol. The Kier molecular flexibility index (Phi) is 8.51. The van der Waals surface area contributed by atoms with Crippen LogP contribution in [0.25, 0.3) is 5.69 Å². The Bertz CT molecular complexity index is 1590. The van der Waals surface area contributed by atoms with Crippen LogP contribution in [-0.4, -0.2) is 38.3 Å². The summed E-state index contributed by atoms with van der Waals surface area (Å²) in [5.41, 5.74) is 7.81. The molecule has 0 spiro atoms. The van der Waals surface area contributed by atoms with Gasteiger partial charge in [0.15, 0.2) is 0 Å². The number of carbonyl (C=O) groups is 1. The molecule has 4 aromatic rings. The SMILES string of the molecule is CCOc1ccccc1N(CC(=O)N/N=C\c1cc(C)n(-c2ccccc2C)c1C)S(=O)(=O)c1ccccc1. The number of rotatable bonds is 10. The summed E-state index contributed by atoms with van der Waals surface area (Å²) >= 11 is 0. The van der Waals surface area contributed by atoms with Crippen LogP contribution in [0.1, 0.15) is 29.4 Å². The van der Waals surface area contributed by atoms with Crippen LogP contribution in [0.2, 0.25) is 0 Å². The second-order valence-corrected chi connectivity index (χ2v) is 10.8. The Balaban J connectivity index is 1.59. The second-order valence-electron chi connectivity index (χ2n) is 8.97. The molecule has 0 unspecified atom stereocenters. The van der Waals surface area contributed by atoms with E-state index in [-0.39, 0.29) is 10.6 Å². The zero-order valence-electron chi connectivity index (χ0n) is 22.5. The topological polar surface area (TPSA) is 93.0 Å². The van der Waals surface area contributed by atoms with Gasteiger partial charge in [-0.05, 0) is 69.7 Å². The molecule has 0 saturated heterocycles. The normalized spacial score (nSPS) is 11.5. The maximum atomic E-state index is 13.6. The molecule has 0 atom stereocenters. The molecule has 1 amide bonds. The number of anilines is 1. The minimum atomic E-state index is -4.07. The summed E-state index contributed by atoms with van der Waals surface area (Å²) in [7, 11) is -4.07. The maximum Gasteiger partial charge on any atom is 0.264 e. The van der Waals surface area contributed by atoms with Crippen molar-refractivity contribution in [2.24, 2.45) is 5.10 Å². The zero-order chi connectivity index (χ0) is 28.0. The van der Waals surface area contributed by atoms with Gasteiger partial charge in [0, 0.05) is 22.6 Å². The fourth-order valence-corrected chi connectivity index (χ4v) is 5.86. The van der Waals surface area contributed by atoms with Crippen molar-refractivity contribution in [2.75, 3.05) is 17.5 Å². The predicted octanol–water partition coefficient (Wildman–Crippen LogP) is 5.15. The highest BCUT2D eigenvalue weighted by Gasteiger charge is 2.29. The quantitative estimate of drug-likeness (QED) is 0.221. The van der Waals surface area contributed by atoms with E-state index in [1.165, 1.54) is 12.1 Å². The molecule has 9 heteroatoms. The molecule has 1 heterocycles. The van der Waals surface area contributed by atoms with Crippen LogP contribution in [0, 0.1) is 20.8 Å². The van der Waals surface area contributed by atoms with Gasteiger partial charge >= 0.3 is 0 Å². The lowest BCUT2D eigenvalue weighted by Gasteiger charge is -2.25. The minimum absolute atomic E-state index is 0.0660. The number of para-hydroxylation sites is 3. The van der Waals surface area contributed by atoms with E-state index in [0.29, 0.717) is 12.4 Å². The number of sulfonamides is 1. The lowest BCUT2D eigenvalue weighted by atomic mass is 10.2. The number of aromatic nitrogens is 1. The van der Waals surface area contributed by atoms with Crippen molar-refractivity contribution in [1.82, 2.24) is 9.99 Å². The molecule has 0 saturated carbocycles. The third-order valence-corrected chi connectivity index (χ3v) is 8.05. The number of nitrogens with zero attached hydrogens (tertiary/aromatic N) is 3. The number of nitrogens with one attached hydrogen (secondary N) is 1. The highest BCUT2D eigenvalue weighted by Crippen LogP contribution is 2.32. The number of ether oxygens (including phenoxy) is 1. The molecule has 0 aliphatic carbocycles. The average Bonchev–Trinajstić information content (AvgIpc) is 3.21. The molecular weight excluding hydrogens is 512 g/mol. The standard InChI is InChI=1S/C30H32N4O4S/c1-5-38-29-18-12-11-17-28(29)33(39(36,37)26-14-7-6-8-15-26)21-30(35)32-31-20-25-19-23(3)34(24(25)4)27-16-10-9-13-22(27)2/h6-20H,5,21H2,1-4H3,(H,32,35)/b31-20-. The molecule has 0 radical (unpaired) electrons. The van der Waals surface area contributed by atoms with Gasteiger partial charge in [-0.15, -0.1) is 0 Å². The van der Waals surface area contributed by atoms with Crippen LogP contribution in [-0.2, 0) is 14.8 Å². The minimum Gasteiger partial charge on any atom is -0.492 e. The van der Waals surface area contributed by atoms with Crippen molar-refractivity contribution in [3.05, 3.63) is 107 Å². The molecule has 8 nitrogen and oxygen atoms in total. The smallest absolute Gasteiger partial charge is 0.264 e. The zero-order valence-corrected chi connectivity index (χ0v) is 23.3. The highest BCUT2D eigenvalue weighted by atomic mass is 32.2. The molecule has 4 rings (SSSR count). The summed E-state index contributed by atoms with van der Waals surface area (Å²) in [6.45, 7) is 7.72. The van der Waals surface area contributed by atoms with E-state index in [4.69, 9.17) is 4.74 Å². The van der Waals surface area contributed by atoms with Crippen molar-refractivity contribution < 1.29 is 17.9 Å². The fraction of sp³-hybridized carbons (Fsp3) is 0.200. The van der Waals surface area contributed by atoms with Crippen molar-refractivity contribution >= 4 is 27.8 Å². The van der Waals surface area contributed by atoms with Crippen molar-refractivity contribution in [3.63, 3.8) is 0 Å². The third-order valence-electron chi connectivity index (χ3n) is 6.27. The molecule has 0 bridgehead atoms. The Morgan fingerprint density at radius 3 is 2.36 bits per heavy atom. The molecule has 1 N–H and O–H groups in total. The number of amides is 1. The van der Waals surface area contributed by atoms with Crippen LogP contribution in [0.5, 0.6) is 5.75 Å². The van der Waals surface area contributed by atoms with E-state index < -0.39 is 22.5 Å². The first-order valence-electron chi connectivity index (χ1n) is 12.6. The molecule has 1 aromatic heterocycles. The lowest BCUT2D eigenvalue weighted by molar-refractivity contribution is -0.119. The van der Waals surface area contributed by atoms with Gasteiger partial charge in [0.05, 0.1) is 23.4 Å².